The zero-order chi connectivity index (χ0) is 6.69. The molecule has 0 aliphatic rings. The Kier molecular flexibility index (Phi) is 1.66. The van der Waals surface area contributed by atoms with Gasteiger partial charge >= 0.3 is 0 Å². The van der Waals surface area contributed by atoms with E-state index in [0.717, 1.165) is 0 Å². The quantitative estimate of drug-likeness (QED) is 0.397. The van der Waals surface area contributed by atoms with Crippen LogP contribution in [0.15, 0.2) is 12.3 Å². The van der Waals surface area contributed by atoms with Gasteiger partial charge in [-0.25, -0.2) is 9.97 Å². The summed E-state index contributed by atoms with van der Waals surface area (Å²) in [5, 5.41) is 0.373. The first-order valence-electron chi connectivity index (χ1n) is 2.28. The van der Waals surface area contributed by atoms with Gasteiger partial charge in [-0.1, -0.05) is 11.6 Å². The molecule has 1 heterocycles. The molecular weight excluding hydrogens is 136 g/mol. The van der Waals surface area contributed by atoms with E-state index in [2.05, 4.69) is 15.9 Å². The molecule has 9 heavy (non-hydrogen) atoms. The van der Waals surface area contributed by atoms with E-state index in [4.69, 9.17) is 18.0 Å². The molecule has 0 radical (unpaired) electrons. The monoisotopic (exact) mass is 138 g/mol. The summed E-state index contributed by atoms with van der Waals surface area (Å²) >= 11 is 5.48. The van der Waals surface area contributed by atoms with Gasteiger partial charge in [-0.3, -0.25) is 0 Å². The van der Waals surface area contributed by atoms with E-state index < -0.39 is 0 Å². The van der Waals surface area contributed by atoms with Crippen molar-refractivity contribution in [2.75, 3.05) is 0 Å². The number of nitrogens with zero attached hydrogens (tertiary/aromatic N) is 2. The van der Waals surface area contributed by atoms with Gasteiger partial charge in [0.15, 0.2) is 0 Å². The minimum atomic E-state index is 0.322. The minimum Gasteiger partial charge on any atom is -0.229 e. The second kappa shape index (κ2) is 2.47. The largest absolute Gasteiger partial charge is 0.229 e. The van der Waals surface area contributed by atoms with Crippen LogP contribution in [0.2, 0.25) is 5.15 Å². The average Bonchev–Trinajstić information content (AvgIpc) is 1.88. The molecule has 0 aliphatic heterocycles. The Morgan fingerprint density at radius 1 is 1.67 bits per heavy atom. The van der Waals surface area contributed by atoms with Gasteiger partial charge in [-0.2, -0.15) is 0 Å². The lowest BCUT2D eigenvalue weighted by atomic mass is 10.6. The van der Waals surface area contributed by atoms with Crippen LogP contribution in [-0.4, -0.2) is 9.97 Å². The molecule has 0 saturated heterocycles. The summed E-state index contributed by atoms with van der Waals surface area (Å²) in [4.78, 5) is 7.44. The zero-order valence-electron chi connectivity index (χ0n) is 4.50. The van der Waals surface area contributed by atoms with Gasteiger partial charge in [0.25, 0.3) is 0 Å². The van der Waals surface area contributed by atoms with Crippen molar-refractivity contribution in [2.24, 2.45) is 0 Å². The molecule has 0 bridgehead atoms. The van der Waals surface area contributed by atoms with E-state index in [-0.39, 0.29) is 0 Å². The summed E-state index contributed by atoms with van der Waals surface area (Å²) < 4.78 is 0. The van der Waals surface area contributed by atoms with Crippen molar-refractivity contribution in [2.45, 2.75) is 0 Å². The number of halogens is 1. The van der Waals surface area contributed by atoms with E-state index in [9.17, 15) is 0 Å². The lowest BCUT2D eigenvalue weighted by Gasteiger charge is -1.86. The Labute approximate surface area is 57.9 Å². The third-order valence-corrected chi connectivity index (χ3v) is 0.961. The summed E-state index contributed by atoms with van der Waals surface area (Å²) in [6.45, 7) is 0. The van der Waals surface area contributed by atoms with Crippen LogP contribution in [0.5, 0.6) is 0 Å². The molecule has 0 atom stereocenters. The van der Waals surface area contributed by atoms with Crippen molar-refractivity contribution >= 4 is 11.6 Å². The van der Waals surface area contributed by atoms with E-state index in [1.807, 2.05) is 0 Å². The smallest absolute Gasteiger partial charge is 0.205 e. The molecule has 0 N–H and O–H groups in total. The zero-order valence-corrected chi connectivity index (χ0v) is 5.26. The van der Waals surface area contributed by atoms with Crippen molar-refractivity contribution in [1.29, 1.82) is 0 Å². The highest BCUT2D eigenvalue weighted by Gasteiger charge is 1.88. The van der Waals surface area contributed by atoms with Crippen LogP contribution in [-0.2, 0) is 0 Å². The lowest BCUT2D eigenvalue weighted by Crippen LogP contribution is -1.85. The summed E-state index contributed by atoms with van der Waals surface area (Å²) in [5.74, 6) is 2.58. The number of hydrogen-bond donors (Lipinski definition) is 0. The van der Waals surface area contributed by atoms with Gasteiger partial charge in [0.05, 0.1) is 0 Å². The average molecular weight is 139 g/mol. The fourth-order valence-electron chi connectivity index (χ4n) is 0.406. The van der Waals surface area contributed by atoms with E-state index >= 15 is 0 Å². The Hall–Kier alpha value is -1.07. The number of aromatic nitrogens is 2. The highest BCUT2D eigenvalue weighted by molar-refractivity contribution is 6.29. The standard InChI is InChI=1S/C6H3ClN2/c1-2-6-8-4-3-5(7)9-6/h1,3-4H. The predicted octanol–water partition coefficient (Wildman–Crippen LogP) is 1.11. The summed E-state index contributed by atoms with van der Waals surface area (Å²) in [7, 11) is 0. The molecule has 0 aromatic carbocycles. The van der Waals surface area contributed by atoms with Crippen LogP contribution in [0.25, 0.3) is 0 Å². The Bertz CT molecular complexity index is 251. The summed E-state index contributed by atoms with van der Waals surface area (Å²) in [6.07, 6.45) is 6.50. The van der Waals surface area contributed by atoms with Crippen molar-refractivity contribution in [3.05, 3.63) is 23.2 Å². The molecule has 1 aromatic rings. The van der Waals surface area contributed by atoms with Crippen molar-refractivity contribution in [3.8, 4) is 12.3 Å². The second-order valence-electron chi connectivity index (χ2n) is 1.35. The van der Waals surface area contributed by atoms with E-state index in [1.165, 1.54) is 6.20 Å². The molecule has 0 unspecified atom stereocenters. The fraction of sp³-hybridized carbons (Fsp3) is 0. The maximum absolute atomic E-state index is 5.48. The Balaban J connectivity index is 3.12. The SMILES string of the molecule is C#Cc1nccc(Cl)n1. The molecule has 2 nitrogen and oxygen atoms in total. The third-order valence-electron chi connectivity index (χ3n) is 0.751. The van der Waals surface area contributed by atoms with Crippen LogP contribution >= 0.6 is 11.6 Å². The van der Waals surface area contributed by atoms with Crippen molar-refractivity contribution in [1.82, 2.24) is 9.97 Å². The Morgan fingerprint density at radius 3 is 2.89 bits per heavy atom. The number of terminal acetylenes is 1. The summed E-state index contributed by atoms with van der Waals surface area (Å²) in [6, 6.07) is 1.57. The van der Waals surface area contributed by atoms with Gasteiger partial charge in [0, 0.05) is 6.20 Å². The topological polar surface area (TPSA) is 25.8 Å². The van der Waals surface area contributed by atoms with Crippen LogP contribution in [0.1, 0.15) is 5.82 Å². The van der Waals surface area contributed by atoms with Crippen LogP contribution in [0, 0.1) is 12.3 Å². The maximum Gasteiger partial charge on any atom is 0.205 e. The van der Waals surface area contributed by atoms with Gasteiger partial charge < -0.3 is 0 Å². The molecule has 1 aromatic heterocycles. The second-order valence-corrected chi connectivity index (χ2v) is 1.73. The minimum absolute atomic E-state index is 0.322. The summed E-state index contributed by atoms with van der Waals surface area (Å²) in [5.41, 5.74) is 0. The van der Waals surface area contributed by atoms with E-state index in [0.29, 0.717) is 11.0 Å². The van der Waals surface area contributed by atoms with Gasteiger partial charge in [0.2, 0.25) is 5.82 Å². The molecule has 0 aliphatic carbocycles. The van der Waals surface area contributed by atoms with E-state index in [1.54, 1.807) is 6.07 Å². The van der Waals surface area contributed by atoms with Gasteiger partial charge in [-0.15, -0.1) is 6.42 Å². The molecule has 0 fully saturated rings. The Morgan fingerprint density at radius 2 is 2.44 bits per heavy atom. The molecule has 1 rings (SSSR count). The van der Waals surface area contributed by atoms with Crippen LogP contribution in [0.4, 0.5) is 0 Å². The highest BCUT2D eigenvalue weighted by atomic mass is 35.5. The number of hydrogen-bond acceptors (Lipinski definition) is 2. The first-order valence-corrected chi connectivity index (χ1v) is 2.66. The van der Waals surface area contributed by atoms with Crippen LogP contribution in [0.3, 0.4) is 0 Å². The predicted molar refractivity (Wildman–Crippen MR) is 35.0 cm³/mol. The first kappa shape index (κ1) is 6.06. The lowest BCUT2D eigenvalue weighted by molar-refractivity contribution is 1.13. The molecule has 44 valence electrons. The third kappa shape index (κ3) is 1.41. The molecule has 0 amide bonds. The molecule has 3 heteroatoms. The van der Waals surface area contributed by atoms with Crippen LogP contribution < -0.4 is 0 Å². The normalized spacial score (nSPS) is 8.44. The van der Waals surface area contributed by atoms with Crippen molar-refractivity contribution < 1.29 is 0 Å². The van der Waals surface area contributed by atoms with Gasteiger partial charge in [0.1, 0.15) is 5.15 Å². The molecule has 0 saturated carbocycles. The number of rotatable bonds is 0. The fourth-order valence-corrected chi connectivity index (χ4v) is 0.543. The molecular formula is C6H3ClN2. The van der Waals surface area contributed by atoms with Crippen molar-refractivity contribution in [3.63, 3.8) is 0 Å². The first-order chi connectivity index (χ1) is 4.33. The highest BCUT2D eigenvalue weighted by Crippen LogP contribution is 2.00. The maximum atomic E-state index is 5.48. The molecule has 0 spiro atoms. The van der Waals surface area contributed by atoms with Gasteiger partial charge in [-0.05, 0) is 12.0 Å².